The van der Waals surface area contributed by atoms with E-state index < -0.39 is 0 Å². The van der Waals surface area contributed by atoms with Gasteiger partial charge in [-0.3, -0.25) is 9.69 Å². The lowest BCUT2D eigenvalue weighted by atomic mass is 9.91. The molecule has 2 aliphatic rings. The maximum atomic E-state index is 12.8. The van der Waals surface area contributed by atoms with E-state index in [0.29, 0.717) is 0 Å². The van der Waals surface area contributed by atoms with Gasteiger partial charge in [-0.25, -0.2) is 0 Å². The fourth-order valence-electron chi connectivity index (χ4n) is 3.87. The molecule has 25 heavy (non-hydrogen) atoms. The van der Waals surface area contributed by atoms with Crippen LogP contribution in [0.2, 0.25) is 0 Å². The lowest BCUT2D eigenvalue weighted by Crippen LogP contribution is -2.49. The standard InChI is InChI=1S/C20H31N3O2/c1-16-5-2-3-6-18(16)15-22-9-4-10-23(12-11-22)20(24)19(21)17-7-13-25-14-8-17/h2-3,5-6,17,19H,4,7-15,21H2,1H3. The molecule has 5 heteroatoms. The van der Waals surface area contributed by atoms with E-state index in [0.717, 1.165) is 65.2 Å². The second-order valence-corrected chi connectivity index (χ2v) is 7.36. The summed E-state index contributed by atoms with van der Waals surface area (Å²) in [7, 11) is 0. The van der Waals surface area contributed by atoms with Gasteiger partial charge in [0.15, 0.2) is 0 Å². The summed E-state index contributed by atoms with van der Waals surface area (Å²) < 4.78 is 5.39. The summed E-state index contributed by atoms with van der Waals surface area (Å²) in [6, 6.07) is 8.18. The molecule has 1 unspecified atom stereocenters. The number of hydrogen-bond acceptors (Lipinski definition) is 4. The minimum Gasteiger partial charge on any atom is -0.381 e. The molecule has 5 nitrogen and oxygen atoms in total. The van der Waals surface area contributed by atoms with E-state index in [9.17, 15) is 4.79 Å². The third-order valence-corrected chi connectivity index (χ3v) is 5.61. The average molecular weight is 345 g/mol. The van der Waals surface area contributed by atoms with Gasteiger partial charge in [0.05, 0.1) is 6.04 Å². The summed E-state index contributed by atoms with van der Waals surface area (Å²) in [5.74, 6) is 0.400. The molecule has 1 amide bonds. The topological polar surface area (TPSA) is 58.8 Å². The van der Waals surface area contributed by atoms with Crippen molar-refractivity contribution in [1.82, 2.24) is 9.80 Å². The maximum absolute atomic E-state index is 12.8. The molecule has 1 atom stereocenters. The summed E-state index contributed by atoms with van der Waals surface area (Å²) in [4.78, 5) is 17.2. The molecule has 0 saturated carbocycles. The van der Waals surface area contributed by atoms with E-state index in [1.54, 1.807) is 0 Å². The zero-order chi connectivity index (χ0) is 17.6. The van der Waals surface area contributed by atoms with Crippen LogP contribution in [0.3, 0.4) is 0 Å². The van der Waals surface area contributed by atoms with Crippen LogP contribution in [-0.4, -0.2) is 61.1 Å². The van der Waals surface area contributed by atoms with Crippen molar-refractivity contribution in [2.24, 2.45) is 11.7 Å². The predicted octanol–water partition coefficient (Wildman–Crippen LogP) is 1.78. The molecule has 2 heterocycles. The highest BCUT2D eigenvalue weighted by Gasteiger charge is 2.30. The van der Waals surface area contributed by atoms with Crippen LogP contribution >= 0.6 is 0 Å². The van der Waals surface area contributed by atoms with Crippen LogP contribution in [-0.2, 0) is 16.1 Å². The summed E-state index contributed by atoms with van der Waals surface area (Å²) in [5, 5.41) is 0. The van der Waals surface area contributed by atoms with E-state index in [1.165, 1.54) is 11.1 Å². The zero-order valence-electron chi connectivity index (χ0n) is 15.3. The Bertz CT molecular complexity index is 572. The second kappa shape index (κ2) is 8.79. The van der Waals surface area contributed by atoms with Crippen molar-refractivity contribution in [2.75, 3.05) is 39.4 Å². The first kappa shape index (κ1) is 18.4. The zero-order valence-corrected chi connectivity index (χ0v) is 15.3. The number of aryl methyl sites for hydroxylation is 1. The maximum Gasteiger partial charge on any atom is 0.239 e. The molecular weight excluding hydrogens is 314 g/mol. The molecule has 0 aliphatic carbocycles. The largest absolute Gasteiger partial charge is 0.381 e. The van der Waals surface area contributed by atoms with Gasteiger partial charge < -0.3 is 15.4 Å². The second-order valence-electron chi connectivity index (χ2n) is 7.36. The van der Waals surface area contributed by atoms with Crippen molar-refractivity contribution in [3.05, 3.63) is 35.4 Å². The van der Waals surface area contributed by atoms with Gasteiger partial charge in [-0.2, -0.15) is 0 Å². The van der Waals surface area contributed by atoms with Crippen molar-refractivity contribution in [2.45, 2.75) is 38.8 Å². The van der Waals surface area contributed by atoms with Crippen LogP contribution in [0.5, 0.6) is 0 Å². The fraction of sp³-hybridized carbons (Fsp3) is 0.650. The Morgan fingerprint density at radius 2 is 1.96 bits per heavy atom. The Morgan fingerprint density at radius 1 is 1.20 bits per heavy atom. The normalized spacial score (nSPS) is 21.8. The van der Waals surface area contributed by atoms with E-state index in [-0.39, 0.29) is 17.9 Å². The van der Waals surface area contributed by atoms with Crippen LogP contribution in [0.4, 0.5) is 0 Å². The van der Waals surface area contributed by atoms with Crippen LogP contribution < -0.4 is 5.73 Å². The first-order valence-corrected chi connectivity index (χ1v) is 9.54. The Kier molecular flexibility index (Phi) is 6.45. The van der Waals surface area contributed by atoms with Crippen molar-refractivity contribution >= 4 is 5.91 Å². The molecule has 2 saturated heterocycles. The van der Waals surface area contributed by atoms with E-state index in [1.807, 2.05) is 4.90 Å². The summed E-state index contributed by atoms with van der Waals surface area (Å²) >= 11 is 0. The number of carbonyl (C=O) groups excluding carboxylic acids is 1. The summed E-state index contributed by atoms with van der Waals surface area (Å²) in [5.41, 5.74) is 9.00. The number of rotatable bonds is 4. The van der Waals surface area contributed by atoms with Crippen molar-refractivity contribution < 1.29 is 9.53 Å². The highest BCUT2D eigenvalue weighted by molar-refractivity contribution is 5.82. The summed E-state index contributed by atoms with van der Waals surface area (Å²) in [6.07, 6.45) is 2.82. The number of hydrogen-bond donors (Lipinski definition) is 1. The van der Waals surface area contributed by atoms with Gasteiger partial charge in [0, 0.05) is 45.9 Å². The number of amides is 1. The Morgan fingerprint density at radius 3 is 2.72 bits per heavy atom. The van der Waals surface area contributed by atoms with Crippen molar-refractivity contribution in [1.29, 1.82) is 0 Å². The molecule has 1 aromatic rings. The fourth-order valence-corrected chi connectivity index (χ4v) is 3.87. The van der Waals surface area contributed by atoms with Crippen molar-refractivity contribution in [3.8, 4) is 0 Å². The van der Waals surface area contributed by atoms with Gasteiger partial charge in [-0.15, -0.1) is 0 Å². The summed E-state index contributed by atoms with van der Waals surface area (Å²) in [6.45, 7) is 8.13. The minimum absolute atomic E-state index is 0.129. The monoisotopic (exact) mass is 345 g/mol. The van der Waals surface area contributed by atoms with Gasteiger partial charge in [0.1, 0.15) is 0 Å². The number of carbonyl (C=O) groups is 1. The molecule has 0 spiro atoms. The molecule has 2 fully saturated rings. The number of ether oxygens (including phenoxy) is 1. The predicted molar refractivity (Wildman–Crippen MR) is 99.2 cm³/mol. The molecule has 138 valence electrons. The quantitative estimate of drug-likeness (QED) is 0.904. The van der Waals surface area contributed by atoms with Crippen molar-refractivity contribution in [3.63, 3.8) is 0 Å². The molecule has 3 rings (SSSR count). The minimum atomic E-state index is -0.369. The van der Waals surface area contributed by atoms with Crippen LogP contribution in [0.25, 0.3) is 0 Å². The first-order chi connectivity index (χ1) is 12.1. The van der Waals surface area contributed by atoms with Gasteiger partial charge in [-0.05, 0) is 43.2 Å². The van der Waals surface area contributed by atoms with Gasteiger partial charge in [0.2, 0.25) is 5.91 Å². The number of nitrogens with two attached hydrogens (primary N) is 1. The van der Waals surface area contributed by atoms with Crippen LogP contribution in [0.15, 0.2) is 24.3 Å². The molecule has 2 N–H and O–H groups in total. The van der Waals surface area contributed by atoms with Crippen LogP contribution in [0, 0.1) is 12.8 Å². The molecule has 1 aromatic carbocycles. The van der Waals surface area contributed by atoms with Gasteiger partial charge >= 0.3 is 0 Å². The first-order valence-electron chi connectivity index (χ1n) is 9.54. The number of benzene rings is 1. The third-order valence-electron chi connectivity index (χ3n) is 5.61. The Balaban J connectivity index is 1.54. The van der Waals surface area contributed by atoms with E-state index in [2.05, 4.69) is 36.1 Å². The Labute approximate surface area is 151 Å². The third kappa shape index (κ3) is 4.81. The molecular formula is C20H31N3O2. The molecule has 2 aliphatic heterocycles. The van der Waals surface area contributed by atoms with E-state index >= 15 is 0 Å². The lowest BCUT2D eigenvalue weighted by molar-refractivity contribution is -0.134. The highest BCUT2D eigenvalue weighted by atomic mass is 16.5. The molecule has 0 aromatic heterocycles. The number of nitrogens with zero attached hydrogens (tertiary/aromatic N) is 2. The van der Waals surface area contributed by atoms with Gasteiger partial charge in [0.25, 0.3) is 0 Å². The van der Waals surface area contributed by atoms with Gasteiger partial charge in [-0.1, -0.05) is 24.3 Å². The van der Waals surface area contributed by atoms with E-state index in [4.69, 9.17) is 10.5 Å². The average Bonchev–Trinajstić information content (AvgIpc) is 2.89. The molecule has 0 bridgehead atoms. The Hall–Kier alpha value is -1.43. The molecule has 0 radical (unpaired) electrons. The SMILES string of the molecule is Cc1ccccc1CN1CCCN(C(=O)C(N)C2CCOCC2)CC1. The highest BCUT2D eigenvalue weighted by Crippen LogP contribution is 2.20. The smallest absolute Gasteiger partial charge is 0.239 e. The van der Waals surface area contributed by atoms with Crippen LogP contribution in [0.1, 0.15) is 30.4 Å². The lowest BCUT2D eigenvalue weighted by Gasteiger charge is -2.31.